The average Bonchev–Trinajstić information content (AvgIpc) is 2.21. The van der Waals surface area contributed by atoms with Gasteiger partial charge in [-0.1, -0.05) is 0 Å². The molecule has 1 nitrogen and oxygen atoms in total. The Kier molecular flexibility index (Phi) is 0.762. The Balaban J connectivity index is 2.55. The van der Waals surface area contributed by atoms with Gasteiger partial charge in [-0.15, -0.1) is 0 Å². The maximum atomic E-state index is 3.86. The van der Waals surface area contributed by atoms with Gasteiger partial charge in [0, 0.05) is 6.92 Å². The van der Waals surface area contributed by atoms with Crippen molar-refractivity contribution in [2.75, 3.05) is 20.1 Å². The maximum absolute atomic E-state index is 3.86. The molecular formula is C6H12N+. The van der Waals surface area contributed by atoms with Crippen molar-refractivity contribution in [1.29, 1.82) is 0 Å². The topological polar surface area (TPSA) is 0 Å². The number of nitrogens with zero attached hydrogens (tertiary/aromatic N) is 1. The molecule has 0 N–H and O–H groups in total. The van der Waals surface area contributed by atoms with Crippen LogP contribution in [0.3, 0.4) is 0 Å². The van der Waals surface area contributed by atoms with Crippen molar-refractivity contribution in [3.63, 3.8) is 0 Å². The first kappa shape index (κ1) is 4.85. The lowest BCUT2D eigenvalue weighted by Crippen LogP contribution is -2.14. The lowest BCUT2D eigenvalue weighted by molar-refractivity contribution is -0.733. The Bertz CT molecular complexity index is 101. The zero-order chi connectivity index (χ0) is 5.49. The second-order valence-corrected chi connectivity index (χ2v) is 2.58. The normalized spacial score (nSPS) is 24.3. The minimum absolute atomic E-state index is 1.11. The molecule has 0 atom stereocenters. The lowest BCUT2D eigenvalue weighted by Gasteiger charge is -2.07. The predicted molar refractivity (Wildman–Crippen MR) is 30.7 cm³/mol. The molecule has 0 spiro atoms. The van der Waals surface area contributed by atoms with Gasteiger partial charge in [-0.2, -0.15) is 0 Å². The fraction of sp³-hybridized carbons (Fsp3) is 0.667. The van der Waals surface area contributed by atoms with Gasteiger partial charge in [0.2, 0.25) is 0 Å². The van der Waals surface area contributed by atoms with Crippen LogP contribution < -0.4 is 0 Å². The van der Waals surface area contributed by atoms with E-state index in [-0.39, 0.29) is 0 Å². The molecule has 1 heteroatoms. The Morgan fingerprint density at radius 3 is 2.00 bits per heavy atom. The minimum Gasteiger partial charge on any atom is -0.289 e. The first-order valence-electron chi connectivity index (χ1n) is 2.66. The molecule has 0 aromatic heterocycles. The van der Waals surface area contributed by atoms with Crippen molar-refractivity contribution >= 4 is 0 Å². The first-order valence-corrected chi connectivity index (χ1v) is 2.66. The van der Waals surface area contributed by atoms with Crippen LogP contribution in [0.4, 0.5) is 0 Å². The van der Waals surface area contributed by atoms with Gasteiger partial charge < -0.3 is 0 Å². The van der Waals surface area contributed by atoms with Crippen molar-refractivity contribution in [3.8, 4) is 0 Å². The summed E-state index contributed by atoms with van der Waals surface area (Å²) in [5.74, 6) is 0. The summed E-state index contributed by atoms with van der Waals surface area (Å²) in [7, 11) is 2.21. The largest absolute Gasteiger partial charge is 0.289 e. The zero-order valence-corrected chi connectivity index (χ0v) is 5.07. The smallest absolute Gasteiger partial charge is 0.133 e. The summed E-state index contributed by atoms with van der Waals surface area (Å²) in [6.45, 7) is 8.55. The SMILES string of the molecule is C=C(C)[N+]1(C)CC1. The van der Waals surface area contributed by atoms with E-state index in [1.807, 2.05) is 0 Å². The molecule has 1 aliphatic rings. The van der Waals surface area contributed by atoms with E-state index in [4.69, 9.17) is 0 Å². The summed E-state index contributed by atoms with van der Waals surface area (Å²) in [4.78, 5) is 0. The quantitative estimate of drug-likeness (QED) is 0.339. The van der Waals surface area contributed by atoms with Crippen LogP contribution in [0.1, 0.15) is 6.92 Å². The minimum atomic E-state index is 1.11. The molecule has 7 heavy (non-hydrogen) atoms. The molecule has 0 aromatic carbocycles. The van der Waals surface area contributed by atoms with E-state index in [1.54, 1.807) is 0 Å². The standard InChI is InChI=1S/C6H12N/c1-6(2)7(3)4-5-7/h1,4-5H2,2-3H3/q+1. The third kappa shape index (κ3) is 0.682. The number of quaternary nitrogens is 1. The van der Waals surface area contributed by atoms with E-state index < -0.39 is 0 Å². The molecule has 0 bridgehead atoms. The zero-order valence-electron chi connectivity index (χ0n) is 5.07. The molecule has 0 unspecified atom stereocenters. The highest BCUT2D eigenvalue weighted by molar-refractivity contribution is 4.80. The van der Waals surface area contributed by atoms with Gasteiger partial charge in [0.25, 0.3) is 0 Å². The second-order valence-electron chi connectivity index (χ2n) is 2.58. The Hall–Kier alpha value is -0.300. The maximum Gasteiger partial charge on any atom is 0.133 e. The van der Waals surface area contributed by atoms with Gasteiger partial charge in [0.1, 0.15) is 13.1 Å². The van der Waals surface area contributed by atoms with Crippen LogP contribution >= 0.6 is 0 Å². The Morgan fingerprint density at radius 2 is 2.00 bits per heavy atom. The highest BCUT2D eigenvalue weighted by Gasteiger charge is 2.37. The summed E-state index contributed by atoms with van der Waals surface area (Å²) in [6, 6.07) is 0. The van der Waals surface area contributed by atoms with Crippen LogP contribution in [0.15, 0.2) is 12.3 Å². The van der Waals surface area contributed by atoms with Gasteiger partial charge in [-0.25, -0.2) is 0 Å². The Morgan fingerprint density at radius 1 is 1.57 bits per heavy atom. The van der Waals surface area contributed by atoms with Crippen molar-refractivity contribution in [2.45, 2.75) is 6.92 Å². The number of hydrogen-bond donors (Lipinski definition) is 0. The predicted octanol–water partition coefficient (Wildman–Crippen LogP) is 0.980. The Labute approximate surface area is 44.8 Å². The third-order valence-electron chi connectivity index (χ3n) is 1.82. The molecule has 1 fully saturated rings. The van der Waals surface area contributed by atoms with E-state index in [9.17, 15) is 0 Å². The molecule has 40 valence electrons. The average molecular weight is 98.2 g/mol. The molecule has 1 rings (SSSR count). The van der Waals surface area contributed by atoms with E-state index in [0.29, 0.717) is 0 Å². The van der Waals surface area contributed by atoms with E-state index >= 15 is 0 Å². The van der Waals surface area contributed by atoms with Crippen LogP contribution in [0.25, 0.3) is 0 Å². The van der Waals surface area contributed by atoms with E-state index in [1.165, 1.54) is 18.8 Å². The summed E-state index contributed by atoms with van der Waals surface area (Å²) in [5, 5.41) is 0. The number of rotatable bonds is 1. The summed E-state index contributed by atoms with van der Waals surface area (Å²) < 4.78 is 1.11. The van der Waals surface area contributed by atoms with Gasteiger partial charge >= 0.3 is 0 Å². The monoisotopic (exact) mass is 98.1 g/mol. The van der Waals surface area contributed by atoms with Crippen molar-refractivity contribution in [2.24, 2.45) is 0 Å². The molecule has 0 aromatic rings. The molecule has 1 heterocycles. The molecule has 0 amide bonds. The van der Waals surface area contributed by atoms with Crippen LogP contribution in [-0.4, -0.2) is 24.6 Å². The molecule has 1 saturated heterocycles. The summed E-state index contributed by atoms with van der Waals surface area (Å²) in [5.41, 5.74) is 1.29. The van der Waals surface area contributed by atoms with Crippen LogP contribution in [0, 0.1) is 0 Å². The van der Waals surface area contributed by atoms with Crippen molar-refractivity contribution in [3.05, 3.63) is 12.3 Å². The fourth-order valence-corrected chi connectivity index (χ4v) is 0.532. The van der Waals surface area contributed by atoms with Crippen molar-refractivity contribution in [1.82, 2.24) is 0 Å². The van der Waals surface area contributed by atoms with Crippen LogP contribution in [0.2, 0.25) is 0 Å². The molecule has 0 saturated carbocycles. The molecule has 0 radical (unpaired) electrons. The third-order valence-corrected chi connectivity index (χ3v) is 1.82. The second kappa shape index (κ2) is 1.10. The first-order chi connectivity index (χ1) is 3.15. The molecule has 1 aliphatic heterocycles. The molecular weight excluding hydrogens is 86.1 g/mol. The fourth-order valence-electron chi connectivity index (χ4n) is 0.532. The lowest BCUT2D eigenvalue weighted by atomic mass is 10.5. The molecule has 0 aliphatic carbocycles. The van der Waals surface area contributed by atoms with Crippen LogP contribution in [0.5, 0.6) is 0 Å². The highest BCUT2D eigenvalue weighted by Crippen LogP contribution is 2.22. The summed E-state index contributed by atoms with van der Waals surface area (Å²) >= 11 is 0. The van der Waals surface area contributed by atoms with Gasteiger partial charge in [0.05, 0.1) is 12.7 Å². The van der Waals surface area contributed by atoms with Gasteiger partial charge in [-0.3, -0.25) is 4.48 Å². The van der Waals surface area contributed by atoms with Crippen molar-refractivity contribution < 1.29 is 4.48 Å². The van der Waals surface area contributed by atoms with E-state index in [0.717, 1.165) is 4.48 Å². The van der Waals surface area contributed by atoms with Crippen LogP contribution in [-0.2, 0) is 0 Å². The van der Waals surface area contributed by atoms with Gasteiger partial charge in [0.15, 0.2) is 0 Å². The highest BCUT2D eigenvalue weighted by atomic mass is 15.5. The number of likely N-dealkylation sites (N-methyl/N-ethyl adjacent to an activating group) is 1. The summed E-state index contributed by atoms with van der Waals surface area (Å²) in [6.07, 6.45) is 0. The van der Waals surface area contributed by atoms with Gasteiger partial charge in [-0.05, 0) is 6.58 Å². The number of hydrogen-bond acceptors (Lipinski definition) is 0. The van der Waals surface area contributed by atoms with E-state index in [2.05, 4.69) is 20.6 Å². The number of allylic oxidation sites excluding steroid dienone is 1.